The second kappa shape index (κ2) is 17.3. The summed E-state index contributed by atoms with van der Waals surface area (Å²) in [5.74, 6) is 1.28. The first-order valence-electron chi connectivity index (χ1n) is 13.5. The molecule has 4 rings (SSSR count). The van der Waals surface area contributed by atoms with Gasteiger partial charge in [0.1, 0.15) is 11.8 Å². The predicted molar refractivity (Wildman–Crippen MR) is 171 cm³/mol. The molecule has 0 amide bonds. The van der Waals surface area contributed by atoms with E-state index in [2.05, 4.69) is 40.3 Å². The van der Waals surface area contributed by atoms with Gasteiger partial charge in [-0.05, 0) is 57.5 Å². The molecule has 0 aliphatic rings. The van der Waals surface area contributed by atoms with E-state index in [1.807, 2.05) is 83.5 Å². The third-order valence-corrected chi connectivity index (χ3v) is 7.73. The van der Waals surface area contributed by atoms with E-state index in [0.717, 1.165) is 55.9 Å². The number of thiophene rings is 1. The highest BCUT2D eigenvalue weighted by Gasteiger charge is 2.23. The number of rotatable bonds is 10. The van der Waals surface area contributed by atoms with Crippen LogP contribution < -0.4 is 10.1 Å². The highest BCUT2D eigenvalue weighted by atomic mass is 32.2. The summed E-state index contributed by atoms with van der Waals surface area (Å²) < 4.78 is 6.86. The molecule has 0 aliphatic heterocycles. The molecular formula is C31H40N6OS2. The zero-order chi connectivity index (χ0) is 29.5. The number of benzene rings is 1. The van der Waals surface area contributed by atoms with E-state index in [-0.39, 0.29) is 0 Å². The topological polar surface area (TPSA) is 87.0 Å². The summed E-state index contributed by atoms with van der Waals surface area (Å²) in [7, 11) is 4.11. The van der Waals surface area contributed by atoms with Crippen molar-refractivity contribution in [1.29, 1.82) is 5.26 Å². The van der Waals surface area contributed by atoms with Gasteiger partial charge >= 0.3 is 0 Å². The molecule has 0 atom stereocenters. The molecule has 3 aromatic heterocycles. The van der Waals surface area contributed by atoms with Crippen LogP contribution >= 0.6 is 23.1 Å². The molecule has 212 valence electrons. The number of pyridine rings is 1. The number of ether oxygens (including phenoxy) is 1. The van der Waals surface area contributed by atoms with Crippen LogP contribution in [0, 0.1) is 18.3 Å². The van der Waals surface area contributed by atoms with Gasteiger partial charge < -0.3 is 15.0 Å². The van der Waals surface area contributed by atoms with Gasteiger partial charge in [0.15, 0.2) is 0 Å². The van der Waals surface area contributed by atoms with Gasteiger partial charge in [0.05, 0.1) is 27.0 Å². The normalized spacial score (nSPS) is 10.1. The highest BCUT2D eigenvalue weighted by molar-refractivity contribution is 8.00. The standard InChI is InChI=1S/C27H28N6OS2.2C2H6/c1-18-16-30-27(31-20-9-5-10-21(14-20)34-13-7-12-33(2)3)32-24(18)25-23(19-8-6-11-29-17-19)22(15-28)26(35-4)36-25;2*1-2/h5-6,8-11,14,16-17H,7,12-13H2,1-4H3,(H,30,31,32);2*1-2H3. The Morgan fingerprint density at radius 3 is 2.52 bits per heavy atom. The van der Waals surface area contributed by atoms with Crippen molar-refractivity contribution in [1.82, 2.24) is 19.9 Å². The van der Waals surface area contributed by atoms with Crippen molar-refractivity contribution in [3.05, 3.63) is 66.1 Å². The van der Waals surface area contributed by atoms with Crippen LogP contribution in [0.1, 0.15) is 45.2 Å². The third kappa shape index (κ3) is 8.78. The highest BCUT2D eigenvalue weighted by Crippen LogP contribution is 2.46. The van der Waals surface area contributed by atoms with Crippen molar-refractivity contribution in [2.24, 2.45) is 0 Å². The Kier molecular flexibility index (Phi) is 14.2. The summed E-state index contributed by atoms with van der Waals surface area (Å²) in [6, 6.07) is 14.1. The number of hydrogen-bond acceptors (Lipinski definition) is 9. The molecule has 0 saturated heterocycles. The lowest BCUT2D eigenvalue weighted by molar-refractivity contribution is 0.281. The fraction of sp³-hybridized carbons (Fsp3) is 0.355. The van der Waals surface area contributed by atoms with Crippen molar-refractivity contribution in [2.75, 3.05) is 38.8 Å². The predicted octanol–water partition coefficient (Wildman–Crippen LogP) is 8.30. The molecule has 40 heavy (non-hydrogen) atoms. The smallest absolute Gasteiger partial charge is 0.227 e. The molecule has 0 saturated carbocycles. The third-order valence-electron chi connectivity index (χ3n) is 5.42. The lowest BCUT2D eigenvalue weighted by Gasteiger charge is -2.12. The minimum Gasteiger partial charge on any atom is -0.493 e. The number of nitriles is 1. The summed E-state index contributed by atoms with van der Waals surface area (Å²) in [5.41, 5.74) is 4.98. The Morgan fingerprint density at radius 1 is 1.10 bits per heavy atom. The molecule has 0 unspecified atom stereocenters. The Labute approximate surface area is 247 Å². The first-order chi connectivity index (χ1) is 19.5. The summed E-state index contributed by atoms with van der Waals surface area (Å²) in [6.07, 6.45) is 8.27. The SMILES string of the molecule is CC.CC.CSc1sc(-c2nc(Nc3cccc(OCCCN(C)C)c3)ncc2C)c(-c2cccnc2)c1C#N. The van der Waals surface area contributed by atoms with Gasteiger partial charge in [-0.25, -0.2) is 9.97 Å². The van der Waals surface area contributed by atoms with E-state index in [4.69, 9.17) is 9.72 Å². The second-order valence-corrected chi connectivity index (χ2v) is 10.5. The van der Waals surface area contributed by atoms with Crippen molar-refractivity contribution in [3.8, 4) is 33.5 Å². The average molecular weight is 577 g/mol. The second-order valence-electron chi connectivity index (χ2n) is 8.41. The molecule has 0 bridgehead atoms. The maximum absolute atomic E-state index is 9.96. The Hall–Kier alpha value is -3.45. The Bertz CT molecular complexity index is 1370. The monoisotopic (exact) mass is 576 g/mol. The lowest BCUT2D eigenvalue weighted by Crippen LogP contribution is -2.15. The minimum absolute atomic E-state index is 0.482. The molecule has 0 spiro atoms. The summed E-state index contributed by atoms with van der Waals surface area (Å²) in [4.78, 5) is 16.7. The molecule has 0 aliphatic carbocycles. The lowest BCUT2D eigenvalue weighted by atomic mass is 10.0. The number of nitrogens with zero attached hydrogens (tertiary/aromatic N) is 5. The number of aromatic nitrogens is 3. The van der Waals surface area contributed by atoms with Crippen LogP contribution in [-0.2, 0) is 0 Å². The first-order valence-corrected chi connectivity index (χ1v) is 15.5. The average Bonchev–Trinajstić information content (AvgIpc) is 3.37. The van der Waals surface area contributed by atoms with Crippen molar-refractivity contribution in [3.63, 3.8) is 0 Å². The summed E-state index contributed by atoms with van der Waals surface area (Å²) in [5, 5.41) is 13.3. The fourth-order valence-corrected chi connectivity index (χ4v) is 5.70. The maximum Gasteiger partial charge on any atom is 0.227 e. The van der Waals surface area contributed by atoms with Gasteiger partial charge in [0.2, 0.25) is 5.95 Å². The van der Waals surface area contributed by atoms with Crippen molar-refractivity contribution >= 4 is 34.7 Å². The number of nitrogens with one attached hydrogen (secondary N) is 1. The molecule has 9 heteroatoms. The van der Waals surface area contributed by atoms with Crippen LogP contribution in [0.5, 0.6) is 5.75 Å². The summed E-state index contributed by atoms with van der Waals surface area (Å²) >= 11 is 3.14. The van der Waals surface area contributed by atoms with E-state index < -0.39 is 0 Å². The molecule has 0 fully saturated rings. The van der Waals surface area contributed by atoms with E-state index in [9.17, 15) is 5.26 Å². The van der Waals surface area contributed by atoms with Gasteiger partial charge in [-0.15, -0.1) is 23.1 Å². The van der Waals surface area contributed by atoms with Crippen LogP contribution in [0.3, 0.4) is 0 Å². The fourth-order valence-electron chi connectivity index (χ4n) is 3.70. The van der Waals surface area contributed by atoms with Gasteiger partial charge in [0, 0.05) is 48.0 Å². The number of thioether (sulfide) groups is 1. The van der Waals surface area contributed by atoms with Crippen LogP contribution in [0.25, 0.3) is 21.7 Å². The quantitative estimate of drug-likeness (QED) is 0.149. The zero-order valence-electron chi connectivity index (χ0n) is 24.8. The molecule has 0 radical (unpaired) electrons. The van der Waals surface area contributed by atoms with Crippen LogP contribution in [0.15, 0.2) is 59.2 Å². The van der Waals surface area contributed by atoms with Gasteiger partial charge in [-0.3, -0.25) is 4.98 Å². The van der Waals surface area contributed by atoms with E-state index in [1.165, 1.54) is 0 Å². The van der Waals surface area contributed by atoms with Crippen molar-refractivity contribution in [2.45, 2.75) is 45.2 Å². The Balaban J connectivity index is 0.00000134. The van der Waals surface area contributed by atoms with Crippen LogP contribution in [-0.4, -0.2) is 53.4 Å². The van der Waals surface area contributed by atoms with E-state index in [0.29, 0.717) is 18.1 Å². The van der Waals surface area contributed by atoms with Gasteiger partial charge in [-0.2, -0.15) is 5.26 Å². The molecular weight excluding hydrogens is 537 g/mol. The molecule has 3 heterocycles. The van der Waals surface area contributed by atoms with E-state index in [1.54, 1.807) is 35.5 Å². The first kappa shape index (κ1) is 32.8. The van der Waals surface area contributed by atoms with Crippen molar-refractivity contribution < 1.29 is 4.74 Å². The molecule has 4 aromatic rings. The van der Waals surface area contributed by atoms with Gasteiger partial charge in [0.25, 0.3) is 0 Å². The minimum atomic E-state index is 0.482. The largest absolute Gasteiger partial charge is 0.493 e. The number of hydrogen-bond donors (Lipinski definition) is 1. The Morgan fingerprint density at radius 2 is 1.88 bits per heavy atom. The zero-order valence-corrected chi connectivity index (χ0v) is 26.4. The molecule has 1 aromatic carbocycles. The van der Waals surface area contributed by atoms with Crippen LogP contribution in [0.4, 0.5) is 11.6 Å². The number of aryl methyl sites for hydroxylation is 1. The molecule has 1 N–H and O–H groups in total. The summed E-state index contributed by atoms with van der Waals surface area (Å²) in [6.45, 7) is 11.6. The van der Waals surface area contributed by atoms with E-state index >= 15 is 0 Å². The van der Waals surface area contributed by atoms with Gasteiger partial charge in [-0.1, -0.05) is 39.8 Å². The van der Waals surface area contributed by atoms with Crippen LogP contribution in [0.2, 0.25) is 0 Å². The molecule has 7 nitrogen and oxygen atoms in total. The number of anilines is 2. The maximum atomic E-state index is 9.96.